The number of rotatable bonds is 7. The number of hydrogen-bond donors (Lipinski definition) is 0. The van der Waals surface area contributed by atoms with Crippen LogP contribution in [0.5, 0.6) is 0 Å². The predicted octanol–water partition coefficient (Wildman–Crippen LogP) is 5.00. The van der Waals surface area contributed by atoms with E-state index in [4.69, 9.17) is 0 Å². The Kier molecular flexibility index (Phi) is 6.97. The molecule has 0 saturated heterocycles. The number of nitrogens with zero attached hydrogens (tertiary/aromatic N) is 1. The van der Waals surface area contributed by atoms with E-state index in [1.54, 1.807) is 0 Å². The molecule has 0 spiro atoms. The SMILES string of the molecule is CCC[N+](CCC)(CCC)c1ccc2ccccc2c1.[B]. The first-order valence-electron chi connectivity index (χ1n) is 8.11. The molecule has 2 rings (SSSR count). The smallest absolute Gasteiger partial charge is 0.133 e. The summed E-state index contributed by atoms with van der Waals surface area (Å²) in [6, 6.07) is 15.7. The van der Waals surface area contributed by atoms with Crippen LogP contribution in [0.1, 0.15) is 40.0 Å². The minimum atomic E-state index is 0. The molecule has 2 aromatic carbocycles. The molecule has 1 nitrogen and oxygen atoms in total. The van der Waals surface area contributed by atoms with E-state index >= 15 is 0 Å². The summed E-state index contributed by atoms with van der Waals surface area (Å²) in [7, 11) is 0. The standard InChI is InChI=1S/C19H28N.B/c1-4-13-20(14-5-2,15-6-3)19-12-11-17-9-7-8-10-18(17)16-19;/h7-12,16H,4-6,13-15H2,1-3H3;/q+1;. The van der Waals surface area contributed by atoms with Crippen molar-refractivity contribution in [3.8, 4) is 0 Å². The second kappa shape index (κ2) is 8.24. The van der Waals surface area contributed by atoms with Crippen LogP contribution in [0.25, 0.3) is 10.8 Å². The monoisotopic (exact) mass is 281 g/mol. The molecule has 3 radical (unpaired) electrons. The Morgan fingerprint density at radius 2 is 1.24 bits per heavy atom. The maximum absolute atomic E-state index is 2.41. The van der Waals surface area contributed by atoms with Gasteiger partial charge in [0.15, 0.2) is 0 Å². The number of benzene rings is 2. The summed E-state index contributed by atoms with van der Waals surface area (Å²) < 4.78 is 1.15. The molecule has 21 heavy (non-hydrogen) atoms. The van der Waals surface area contributed by atoms with Crippen molar-refractivity contribution in [3.05, 3.63) is 42.5 Å². The van der Waals surface area contributed by atoms with E-state index in [0.717, 1.165) is 4.48 Å². The van der Waals surface area contributed by atoms with Gasteiger partial charge in [-0.1, -0.05) is 45.0 Å². The molecule has 0 heterocycles. The maximum Gasteiger partial charge on any atom is 0.133 e. The Bertz CT molecular complexity index is 533. The third kappa shape index (κ3) is 3.88. The van der Waals surface area contributed by atoms with Gasteiger partial charge in [-0.25, -0.2) is 0 Å². The molecule has 0 saturated carbocycles. The molecule has 0 aliphatic rings. The van der Waals surface area contributed by atoms with Gasteiger partial charge in [0.1, 0.15) is 5.69 Å². The molecule has 2 aromatic rings. The van der Waals surface area contributed by atoms with E-state index in [9.17, 15) is 0 Å². The van der Waals surface area contributed by atoms with Crippen molar-refractivity contribution < 1.29 is 0 Å². The largest absolute Gasteiger partial charge is 0.291 e. The molecule has 0 amide bonds. The van der Waals surface area contributed by atoms with Crippen molar-refractivity contribution >= 4 is 24.9 Å². The van der Waals surface area contributed by atoms with Crippen LogP contribution in [0.4, 0.5) is 5.69 Å². The van der Waals surface area contributed by atoms with Crippen LogP contribution in [-0.2, 0) is 0 Å². The van der Waals surface area contributed by atoms with Gasteiger partial charge in [-0.15, -0.1) is 0 Å². The van der Waals surface area contributed by atoms with Crippen molar-refractivity contribution in [2.24, 2.45) is 0 Å². The van der Waals surface area contributed by atoms with Gasteiger partial charge in [-0.2, -0.15) is 0 Å². The summed E-state index contributed by atoms with van der Waals surface area (Å²) in [6.45, 7) is 10.7. The molecule has 0 unspecified atom stereocenters. The molecule has 0 N–H and O–H groups in total. The van der Waals surface area contributed by atoms with Gasteiger partial charge in [0, 0.05) is 14.5 Å². The van der Waals surface area contributed by atoms with Crippen LogP contribution < -0.4 is 4.48 Å². The van der Waals surface area contributed by atoms with Crippen LogP contribution in [0.3, 0.4) is 0 Å². The highest BCUT2D eigenvalue weighted by Crippen LogP contribution is 2.29. The van der Waals surface area contributed by atoms with E-state index < -0.39 is 0 Å². The molecule has 2 heteroatoms. The van der Waals surface area contributed by atoms with Gasteiger partial charge >= 0.3 is 0 Å². The van der Waals surface area contributed by atoms with E-state index in [0.29, 0.717) is 0 Å². The summed E-state index contributed by atoms with van der Waals surface area (Å²) in [5.74, 6) is 0. The van der Waals surface area contributed by atoms with Gasteiger partial charge in [-0.05, 0) is 42.2 Å². The molecule has 0 aliphatic carbocycles. The lowest BCUT2D eigenvalue weighted by Gasteiger charge is -2.38. The Labute approximate surface area is 132 Å². The van der Waals surface area contributed by atoms with Crippen molar-refractivity contribution in [3.63, 3.8) is 0 Å². The predicted molar refractivity (Wildman–Crippen MR) is 97.0 cm³/mol. The maximum atomic E-state index is 2.41. The zero-order chi connectivity index (χ0) is 14.4. The molecule has 0 bridgehead atoms. The second-order valence-electron chi connectivity index (χ2n) is 5.85. The molecular formula is C19H28BN+. The highest BCUT2D eigenvalue weighted by atomic mass is 15.4. The first-order valence-corrected chi connectivity index (χ1v) is 8.11. The Hall–Kier alpha value is -1.28. The molecule has 111 valence electrons. The zero-order valence-electron chi connectivity index (χ0n) is 13.8. The molecule has 0 aromatic heterocycles. The first-order chi connectivity index (χ1) is 9.75. The van der Waals surface area contributed by atoms with Crippen LogP contribution >= 0.6 is 0 Å². The molecule has 0 atom stereocenters. The average molecular weight is 281 g/mol. The fourth-order valence-corrected chi connectivity index (χ4v) is 3.48. The van der Waals surface area contributed by atoms with Crippen LogP contribution in [0, 0.1) is 0 Å². The number of hydrogen-bond acceptors (Lipinski definition) is 0. The highest BCUT2D eigenvalue weighted by molar-refractivity contribution is 5.85. The van der Waals surface area contributed by atoms with Gasteiger partial charge in [0.05, 0.1) is 19.6 Å². The van der Waals surface area contributed by atoms with Crippen molar-refractivity contribution in [1.82, 2.24) is 4.48 Å². The normalized spacial score (nSPS) is 11.4. The summed E-state index contributed by atoms with van der Waals surface area (Å²) in [4.78, 5) is 0. The average Bonchev–Trinajstić information content (AvgIpc) is 2.47. The minimum absolute atomic E-state index is 0. The van der Waals surface area contributed by atoms with Crippen LogP contribution in [0.2, 0.25) is 0 Å². The van der Waals surface area contributed by atoms with Crippen LogP contribution in [0.15, 0.2) is 42.5 Å². The summed E-state index contributed by atoms with van der Waals surface area (Å²) in [6.07, 6.45) is 3.73. The van der Waals surface area contributed by atoms with E-state index in [-0.39, 0.29) is 8.41 Å². The van der Waals surface area contributed by atoms with Gasteiger partial charge < -0.3 is 0 Å². The van der Waals surface area contributed by atoms with Gasteiger partial charge in [0.25, 0.3) is 0 Å². The molecule has 0 fully saturated rings. The van der Waals surface area contributed by atoms with Gasteiger partial charge in [-0.3, -0.25) is 4.48 Å². The lowest BCUT2D eigenvalue weighted by molar-refractivity contribution is 0.273. The van der Waals surface area contributed by atoms with Gasteiger partial charge in [0.2, 0.25) is 0 Å². The quantitative estimate of drug-likeness (QED) is 0.495. The molecule has 0 aliphatic heterocycles. The summed E-state index contributed by atoms with van der Waals surface area (Å²) >= 11 is 0. The van der Waals surface area contributed by atoms with Crippen molar-refractivity contribution in [2.45, 2.75) is 40.0 Å². The highest BCUT2D eigenvalue weighted by Gasteiger charge is 2.27. The Balaban J connectivity index is 0.00000220. The Morgan fingerprint density at radius 3 is 1.76 bits per heavy atom. The third-order valence-electron chi connectivity index (χ3n) is 4.24. The third-order valence-corrected chi connectivity index (χ3v) is 4.24. The fourth-order valence-electron chi connectivity index (χ4n) is 3.48. The van der Waals surface area contributed by atoms with E-state index in [2.05, 4.69) is 63.2 Å². The minimum Gasteiger partial charge on any atom is -0.291 e. The van der Waals surface area contributed by atoms with Crippen molar-refractivity contribution in [2.75, 3.05) is 19.6 Å². The summed E-state index contributed by atoms with van der Waals surface area (Å²) in [5.41, 5.74) is 1.49. The molecular weight excluding hydrogens is 253 g/mol. The van der Waals surface area contributed by atoms with Crippen molar-refractivity contribution in [1.29, 1.82) is 0 Å². The number of quaternary nitrogens is 1. The zero-order valence-corrected chi connectivity index (χ0v) is 13.8. The Morgan fingerprint density at radius 1 is 0.714 bits per heavy atom. The summed E-state index contributed by atoms with van der Waals surface area (Å²) in [5, 5.41) is 2.72. The van der Waals surface area contributed by atoms with E-state index in [1.165, 1.54) is 55.4 Å². The lowest BCUT2D eigenvalue weighted by atomic mass is 10.1. The second-order valence-corrected chi connectivity index (χ2v) is 5.85. The lowest BCUT2D eigenvalue weighted by Crippen LogP contribution is -2.51. The topological polar surface area (TPSA) is 0 Å². The first kappa shape index (κ1) is 17.8. The van der Waals surface area contributed by atoms with E-state index in [1.807, 2.05) is 0 Å². The number of fused-ring (bicyclic) bond motifs is 1. The fraction of sp³-hybridized carbons (Fsp3) is 0.474. The van der Waals surface area contributed by atoms with Crippen LogP contribution in [-0.4, -0.2) is 28.0 Å².